The van der Waals surface area contributed by atoms with Gasteiger partial charge in [0.1, 0.15) is 17.7 Å². The molecule has 1 fully saturated rings. The number of piperidine rings is 1. The number of para-hydroxylation sites is 1. The van der Waals surface area contributed by atoms with E-state index < -0.39 is 5.97 Å². The molecule has 0 saturated carbocycles. The molecule has 48 heavy (non-hydrogen) atoms. The molecule has 1 saturated heterocycles. The number of rotatable bonds is 9. The second-order valence-electron chi connectivity index (χ2n) is 12.5. The highest BCUT2D eigenvalue weighted by molar-refractivity contribution is 7.22. The molecular weight excluding hydrogens is 623 g/mol. The van der Waals surface area contributed by atoms with Gasteiger partial charge in [0.2, 0.25) is 0 Å². The summed E-state index contributed by atoms with van der Waals surface area (Å²) in [6, 6.07) is 23.1. The summed E-state index contributed by atoms with van der Waals surface area (Å²) in [5, 5.41) is 17.3. The van der Waals surface area contributed by atoms with Crippen molar-refractivity contribution in [1.82, 2.24) is 15.3 Å². The maximum absolute atomic E-state index is 13.5. The third-order valence-corrected chi connectivity index (χ3v) is 10.6. The average molecular weight is 662 g/mol. The lowest BCUT2D eigenvalue weighted by molar-refractivity contribution is 0.0691. The Bertz CT molecular complexity index is 1950. The standard InChI is InChI=1S/C38H39N5O4S/c1-3-31(25-16-19-39-20-17-25)47-32-12-7-9-26(23(32)2)27-14-15-34(41-35(27)37(45)46)43-21-18-24-8-6-10-28(29(24)22-43)36(44)42-38-40-30-11-4-5-13-33(30)48-38/h4-15,25,31,39H,3,16-22H2,1-2H3,(H,45,46)(H,40,42,44). The van der Waals surface area contributed by atoms with Gasteiger partial charge < -0.3 is 20.1 Å². The van der Waals surface area contributed by atoms with Gasteiger partial charge in [-0.05, 0) is 110 Å². The SMILES string of the molecule is CCC(Oc1cccc(-c2ccc(N3CCc4cccc(C(=O)Nc5nc6ccccc6s5)c4C3)nc2C(=O)O)c1C)C1CCNCC1. The number of carbonyl (C=O) groups is 2. The molecule has 2 aliphatic rings. The number of amides is 1. The van der Waals surface area contributed by atoms with E-state index in [1.165, 1.54) is 11.3 Å². The Morgan fingerprint density at radius 2 is 1.83 bits per heavy atom. The van der Waals surface area contributed by atoms with Crippen molar-refractivity contribution < 1.29 is 19.4 Å². The molecule has 5 aromatic rings. The van der Waals surface area contributed by atoms with E-state index in [0.29, 0.717) is 47.5 Å². The van der Waals surface area contributed by atoms with E-state index in [4.69, 9.17) is 9.72 Å². The smallest absolute Gasteiger partial charge is 0.355 e. The highest BCUT2D eigenvalue weighted by atomic mass is 32.1. The highest BCUT2D eigenvalue weighted by Crippen LogP contribution is 2.36. The fraction of sp³-hybridized carbons (Fsp3) is 0.316. The maximum atomic E-state index is 13.5. The van der Waals surface area contributed by atoms with Crippen LogP contribution < -0.4 is 20.3 Å². The molecule has 2 aliphatic heterocycles. The largest absolute Gasteiger partial charge is 0.490 e. The topological polar surface area (TPSA) is 117 Å². The van der Waals surface area contributed by atoms with Crippen molar-refractivity contribution in [2.45, 2.75) is 52.2 Å². The minimum absolute atomic E-state index is 0.00851. The summed E-state index contributed by atoms with van der Waals surface area (Å²) in [5.41, 5.74) is 5.67. The van der Waals surface area contributed by atoms with Gasteiger partial charge >= 0.3 is 5.97 Å². The first-order valence-electron chi connectivity index (χ1n) is 16.6. The number of pyridine rings is 1. The molecule has 0 spiro atoms. The van der Waals surface area contributed by atoms with Crippen LogP contribution in [0.3, 0.4) is 0 Å². The average Bonchev–Trinajstić information content (AvgIpc) is 3.53. The first-order chi connectivity index (χ1) is 23.4. The van der Waals surface area contributed by atoms with Crippen LogP contribution in [0, 0.1) is 12.8 Å². The van der Waals surface area contributed by atoms with Gasteiger partial charge in [-0.2, -0.15) is 0 Å². The van der Waals surface area contributed by atoms with Crippen LogP contribution in [0.2, 0.25) is 0 Å². The third-order valence-electron chi connectivity index (χ3n) is 9.60. The quantitative estimate of drug-likeness (QED) is 0.150. The Morgan fingerprint density at radius 1 is 1.02 bits per heavy atom. The number of hydrogen-bond donors (Lipinski definition) is 3. The van der Waals surface area contributed by atoms with E-state index in [1.54, 1.807) is 0 Å². The number of thiazole rings is 1. The Kier molecular flexibility index (Phi) is 9.10. The van der Waals surface area contributed by atoms with Crippen LogP contribution in [-0.2, 0) is 13.0 Å². The lowest BCUT2D eigenvalue weighted by Gasteiger charge is -2.31. The molecule has 1 atom stereocenters. The number of nitrogens with zero attached hydrogens (tertiary/aromatic N) is 3. The Balaban J connectivity index is 1.14. The number of benzene rings is 3. The highest BCUT2D eigenvalue weighted by Gasteiger charge is 2.27. The molecule has 1 amide bonds. The van der Waals surface area contributed by atoms with Crippen LogP contribution in [0.5, 0.6) is 5.75 Å². The number of carboxylic acid groups (broad SMARTS) is 1. The van der Waals surface area contributed by atoms with Crippen LogP contribution in [-0.4, -0.2) is 52.7 Å². The number of nitrogens with one attached hydrogen (secondary N) is 2. The van der Waals surface area contributed by atoms with E-state index in [2.05, 4.69) is 22.5 Å². The summed E-state index contributed by atoms with van der Waals surface area (Å²) in [7, 11) is 0. The Labute approximate surface area is 284 Å². The van der Waals surface area contributed by atoms with Gasteiger partial charge in [0.25, 0.3) is 5.91 Å². The fourth-order valence-corrected chi connectivity index (χ4v) is 7.87. The Morgan fingerprint density at radius 3 is 2.62 bits per heavy atom. The normalized spacial score (nSPS) is 15.6. The summed E-state index contributed by atoms with van der Waals surface area (Å²) in [6.45, 7) is 7.24. The molecule has 3 aromatic carbocycles. The molecule has 1 unspecified atom stereocenters. The van der Waals surface area contributed by atoms with Crippen LogP contribution >= 0.6 is 11.3 Å². The second-order valence-corrected chi connectivity index (χ2v) is 13.5. The Hall–Kier alpha value is -4.80. The summed E-state index contributed by atoms with van der Waals surface area (Å²) < 4.78 is 7.60. The first-order valence-corrected chi connectivity index (χ1v) is 17.5. The van der Waals surface area contributed by atoms with Crippen molar-refractivity contribution in [3.8, 4) is 16.9 Å². The number of carbonyl (C=O) groups excluding carboxylic acids is 1. The molecule has 0 bridgehead atoms. The minimum atomic E-state index is -1.09. The third kappa shape index (κ3) is 6.37. The number of aromatic nitrogens is 2. The van der Waals surface area contributed by atoms with Crippen LogP contribution in [0.4, 0.5) is 10.9 Å². The summed E-state index contributed by atoms with van der Waals surface area (Å²) in [5.74, 6) is 0.522. The molecule has 10 heteroatoms. The number of aromatic carboxylic acids is 1. The van der Waals surface area contributed by atoms with Gasteiger partial charge in [0.15, 0.2) is 10.8 Å². The molecule has 7 rings (SSSR count). The van der Waals surface area contributed by atoms with Crippen molar-refractivity contribution in [3.63, 3.8) is 0 Å². The van der Waals surface area contributed by atoms with Crippen molar-refractivity contribution in [2.24, 2.45) is 5.92 Å². The summed E-state index contributed by atoms with van der Waals surface area (Å²) in [6.07, 6.45) is 3.90. The van der Waals surface area contributed by atoms with Gasteiger partial charge in [-0.1, -0.05) is 54.7 Å². The zero-order valence-corrected chi connectivity index (χ0v) is 28.0. The van der Waals surface area contributed by atoms with Crippen molar-refractivity contribution in [3.05, 3.63) is 101 Å². The molecule has 9 nitrogen and oxygen atoms in total. The van der Waals surface area contributed by atoms with Gasteiger partial charge in [-0.15, -0.1) is 0 Å². The predicted octanol–water partition coefficient (Wildman–Crippen LogP) is 7.34. The number of fused-ring (bicyclic) bond motifs is 2. The lowest BCUT2D eigenvalue weighted by atomic mass is 9.90. The maximum Gasteiger partial charge on any atom is 0.355 e. The van der Waals surface area contributed by atoms with Gasteiger partial charge in [-0.3, -0.25) is 10.1 Å². The summed E-state index contributed by atoms with van der Waals surface area (Å²) >= 11 is 1.44. The predicted molar refractivity (Wildman–Crippen MR) is 190 cm³/mol. The number of carboxylic acids is 1. The van der Waals surface area contributed by atoms with Crippen LogP contribution in [0.1, 0.15) is 63.7 Å². The van der Waals surface area contributed by atoms with Gasteiger partial charge in [0, 0.05) is 24.2 Å². The van der Waals surface area contributed by atoms with E-state index in [1.807, 2.05) is 84.6 Å². The molecule has 3 N–H and O–H groups in total. The minimum Gasteiger partial charge on any atom is -0.490 e. The molecule has 0 radical (unpaired) electrons. The van der Waals surface area contributed by atoms with Crippen molar-refractivity contribution in [2.75, 3.05) is 29.9 Å². The lowest BCUT2D eigenvalue weighted by Crippen LogP contribution is -2.36. The van der Waals surface area contributed by atoms with Gasteiger partial charge in [-0.25, -0.2) is 14.8 Å². The zero-order valence-electron chi connectivity index (χ0n) is 27.2. The number of anilines is 2. The molecule has 0 aliphatic carbocycles. The zero-order chi connectivity index (χ0) is 33.2. The van der Waals surface area contributed by atoms with Crippen LogP contribution in [0.15, 0.2) is 72.8 Å². The number of ether oxygens (including phenoxy) is 1. The molecular formula is C38H39N5O4S. The van der Waals surface area contributed by atoms with E-state index >= 15 is 0 Å². The number of hydrogen-bond acceptors (Lipinski definition) is 8. The summed E-state index contributed by atoms with van der Waals surface area (Å²) in [4.78, 5) is 37.5. The van der Waals surface area contributed by atoms with E-state index in [9.17, 15) is 14.7 Å². The monoisotopic (exact) mass is 661 g/mol. The molecule has 2 aromatic heterocycles. The van der Waals surface area contributed by atoms with Gasteiger partial charge in [0.05, 0.1) is 10.2 Å². The van der Waals surface area contributed by atoms with Crippen molar-refractivity contribution in [1.29, 1.82) is 0 Å². The molecule has 4 heterocycles. The molecule has 246 valence electrons. The second kappa shape index (κ2) is 13.7. The van der Waals surface area contributed by atoms with E-state index in [-0.39, 0.29) is 17.7 Å². The fourth-order valence-electron chi connectivity index (χ4n) is 7.01. The van der Waals surface area contributed by atoms with E-state index in [0.717, 1.165) is 70.6 Å². The first kappa shape index (κ1) is 31.8. The van der Waals surface area contributed by atoms with Crippen LogP contribution in [0.25, 0.3) is 21.3 Å². The van der Waals surface area contributed by atoms with Crippen molar-refractivity contribution >= 4 is 44.4 Å².